The van der Waals surface area contributed by atoms with Crippen molar-refractivity contribution in [1.82, 2.24) is 13.7 Å². The van der Waals surface area contributed by atoms with Gasteiger partial charge in [-0.25, -0.2) is 0 Å². The first-order chi connectivity index (χ1) is 63.8. The Bertz CT molecular complexity index is 7340. The molecule has 0 spiro atoms. The minimum absolute atomic E-state index is 0.103. The van der Waals surface area contributed by atoms with Gasteiger partial charge >= 0.3 is 0 Å². The van der Waals surface area contributed by atoms with E-state index in [0.29, 0.717) is 0 Å². The Kier molecular flexibility index (Phi) is 19.7. The molecule has 7 heteroatoms. The van der Waals surface area contributed by atoms with Crippen molar-refractivity contribution in [2.24, 2.45) is 0 Å². The van der Waals surface area contributed by atoms with Crippen LogP contribution < -0.4 is 31.1 Å². The van der Waals surface area contributed by atoms with E-state index in [-0.39, 0.29) is 39.2 Å². The van der Waals surface area contributed by atoms with Crippen LogP contribution in [-0.4, -0.2) is 20.4 Å². The first-order valence-corrected chi connectivity index (χ1v) is 47.6. The first-order valence-electron chi connectivity index (χ1n) is 47.6. The molecule has 652 valence electrons. The molecule has 17 aromatic carbocycles. The summed E-state index contributed by atoms with van der Waals surface area (Å²) in [5.41, 5.74) is 39.0. The van der Waals surface area contributed by atoms with Gasteiger partial charge < -0.3 is 28.4 Å². The van der Waals surface area contributed by atoms with Crippen molar-refractivity contribution < 1.29 is 0 Å². The highest BCUT2D eigenvalue weighted by Gasteiger charge is 2.47. The molecule has 22 rings (SSSR count). The predicted octanol–water partition coefficient (Wildman–Crippen LogP) is 33.0. The Balaban J connectivity index is 0.937. The lowest BCUT2D eigenvalue weighted by Crippen LogP contribution is -2.61. The molecule has 20 aromatic rings. The molecule has 0 amide bonds. The SMILES string of the molecule is CC(C)(C)c1cc(-c2ccccc2)c(N2c3cc(-n4c5ccc(C(C)(C)C)cc5c5cc(C(C)(C)C)ccc54)ccc3B3c4ccc(-n5c6ccc(C(C)(C)C)cc6c6cc(C(C)(C)C)ccc65)cc4N(c4c(-c5ccccc5)cc(C(C)(C)C)cc4-c4ccccc4)c4cc(N(c5ccccc5)c5ccc(-n6c7ccccc7c7ccccc76)cc5)cc2c43)c(-c2ccccc2)c1. The normalized spacial score (nSPS) is 13.1. The van der Waals surface area contributed by atoms with Crippen molar-refractivity contribution in [3.8, 4) is 61.6 Å². The molecule has 6 nitrogen and oxygen atoms in total. The summed E-state index contributed by atoms with van der Waals surface area (Å²) >= 11 is 0. The number of fused-ring (bicyclic) bond motifs is 13. The molecule has 5 heterocycles. The molecular formula is C126H115BN6. The quantitative estimate of drug-likeness (QED) is 0.114. The van der Waals surface area contributed by atoms with Crippen molar-refractivity contribution in [2.75, 3.05) is 14.7 Å². The summed E-state index contributed by atoms with van der Waals surface area (Å²) < 4.78 is 7.60. The van der Waals surface area contributed by atoms with Gasteiger partial charge in [0, 0.05) is 106 Å². The highest BCUT2D eigenvalue weighted by molar-refractivity contribution is 7.00. The monoisotopic (exact) mass is 1720 g/mol. The number of hydrogen-bond donors (Lipinski definition) is 0. The maximum absolute atomic E-state index is 2.76. The summed E-state index contributed by atoms with van der Waals surface area (Å²) in [4.78, 5) is 8.07. The molecule has 2 aliphatic rings. The van der Waals surface area contributed by atoms with Crippen molar-refractivity contribution in [3.63, 3.8) is 0 Å². The average Bonchev–Trinajstić information content (AvgIpc) is 1.35. The van der Waals surface area contributed by atoms with Gasteiger partial charge in [-0.15, -0.1) is 0 Å². The van der Waals surface area contributed by atoms with Gasteiger partial charge in [-0.05, 0) is 262 Å². The zero-order chi connectivity index (χ0) is 91.8. The van der Waals surface area contributed by atoms with Crippen LogP contribution in [0.3, 0.4) is 0 Å². The molecule has 0 aliphatic carbocycles. The lowest BCUT2D eigenvalue weighted by Gasteiger charge is -2.46. The van der Waals surface area contributed by atoms with Crippen LogP contribution in [0, 0.1) is 0 Å². The Hall–Kier alpha value is -14.4. The second kappa shape index (κ2) is 31.1. The van der Waals surface area contributed by atoms with Crippen LogP contribution in [0.1, 0.15) is 158 Å². The van der Waals surface area contributed by atoms with Gasteiger partial charge in [-0.1, -0.05) is 337 Å². The number of benzene rings is 17. The third-order valence-corrected chi connectivity index (χ3v) is 28.5. The lowest BCUT2D eigenvalue weighted by molar-refractivity contribution is 0.590. The first kappa shape index (κ1) is 84.2. The smallest absolute Gasteiger partial charge is 0.252 e. The van der Waals surface area contributed by atoms with E-state index in [0.717, 1.165) is 146 Å². The number of rotatable bonds is 12. The molecule has 0 fully saturated rings. The molecule has 0 atom stereocenters. The van der Waals surface area contributed by atoms with Crippen LogP contribution in [0.4, 0.5) is 51.2 Å². The maximum Gasteiger partial charge on any atom is 0.252 e. The molecule has 0 saturated heterocycles. The number of hydrogen-bond acceptors (Lipinski definition) is 3. The summed E-state index contributed by atoms with van der Waals surface area (Å²) in [6, 6.07) is 143. The summed E-state index contributed by atoms with van der Waals surface area (Å²) in [5, 5.41) is 7.42. The van der Waals surface area contributed by atoms with Gasteiger partial charge in [0.15, 0.2) is 0 Å². The van der Waals surface area contributed by atoms with E-state index in [4.69, 9.17) is 0 Å². The zero-order valence-electron chi connectivity index (χ0n) is 80.0. The third kappa shape index (κ3) is 14.3. The van der Waals surface area contributed by atoms with Crippen LogP contribution >= 0.6 is 0 Å². The fourth-order valence-electron chi connectivity index (χ4n) is 21.3. The molecule has 133 heavy (non-hydrogen) atoms. The van der Waals surface area contributed by atoms with E-state index in [1.165, 1.54) is 82.1 Å². The molecule has 0 radical (unpaired) electrons. The summed E-state index contributed by atoms with van der Waals surface area (Å²) in [7, 11) is 0. The van der Waals surface area contributed by atoms with Crippen LogP contribution in [0.2, 0.25) is 0 Å². The third-order valence-electron chi connectivity index (χ3n) is 28.5. The Morgan fingerprint density at radius 3 is 0.789 bits per heavy atom. The van der Waals surface area contributed by atoms with E-state index in [1.807, 2.05) is 0 Å². The van der Waals surface area contributed by atoms with Crippen LogP contribution in [0.25, 0.3) is 127 Å². The highest BCUT2D eigenvalue weighted by Crippen LogP contribution is 2.58. The maximum atomic E-state index is 2.76. The standard InChI is InChI=1S/C126H115BN6/c1-121(2,3)84-52-64-110-102(68-84)103-69-85(122(4,5)6)53-65-111(103)130(110)93-60-62-106-114(76-93)132(119-98(80-38-24-19-25-39-80)72-88(125(13,14)15)73-99(119)81-40-26-20-27-41-81)116-78-95(128(90-46-32-23-33-47-90)91-56-58-92(59-57-91)129-108-50-36-34-48-96(108)97-49-35-37-51-109(97)129)79-117-118(116)127(106)107-63-61-94(131-112-66-54-86(123(7,8)9)70-104(112)105-71-87(124(10,11)12)55-67-113(105)131)77-115(107)133(117)120-100(82-42-28-21-29-43-82)74-89(126(16,17)18)75-101(120)83-44-30-22-31-45-83/h19-79H,1-18H3. The second-order valence-corrected chi connectivity index (χ2v) is 43.4. The Labute approximate surface area is 784 Å². The molecule has 0 saturated carbocycles. The fourth-order valence-corrected chi connectivity index (χ4v) is 21.3. The summed E-state index contributed by atoms with van der Waals surface area (Å²) in [6.45, 7) is 42.0. The van der Waals surface area contributed by atoms with E-state index < -0.39 is 0 Å². The van der Waals surface area contributed by atoms with Gasteiger partial charge in [-0.3, -0.25) is 0 Å². The van der Waals surface area contributed by atoms with Crippen LogP contribution in [0.5, 0.6) is 0 Å². The zero-order valence-corrected chi connectivity index (χ0v) is 80.0. The highest BCUT2D eigenvalue weighted by atomic mass is 15.2. The van der Waals surface area contributed by atoms with Gasteiger partial charge in [0.1, 0.15) is 0 Å². The van der Waals surface area contributed by atoms with Gasteiger partial charge in [0.2, 0.25) is 0 Å². The van der Waals surface area contributed by atoms with Crippen LogP contribution in [-0.2, 0) is 32.5 Å². The van der Waals surface area contributed by atoms with Crippen molar-refractivity contribution >= 4 is 140 Å². The topological polar surface area (TPSA) is 24.5 Å². The molecule has 0 unspecified atom stereocenters. The van der Waals surface area contributed by atoms with Gasteiger partial charge in [0.05, 0.1) is 50.2 Å². The predicted molar refractivity (Wildman–Crippen MR) is 572 cm³/mol. The number of anilines is 9. The summed E-state index contributed by atoms with van der Waals surface area (Å²) in [6.07, 6.45) is 0. The fraction of sp³-hybridized carbons (Fsp3) is 0.190. The number of nitrogens with zero attached hydrogens (tertiary/aromatic N) is 6. The number of aromatic nitrogens is 3. The van der Waals surface area contributed by atoms with Crippen LogP contribution in [0.15, 0.2) is 370 Å². The van der Waals surface area contributed by atoms with E-state index in [1.54, 1.807) is 0 Å². The van der Waals surface area contributed by atoms with E-state index in [9.17, 15) is 0 Å². The summed E-state index contributed by atoms with van der Waals surface area (Å²) in [5.74, 6) is 0. The van der Waals surface area contributed by atoms with E-state index in [2.05, 4.69) is 523 Å². The van der Waals surface area contributed by atoms with Crippen molar-refractivity contribution in [3.05, 3.63) is 403 Å². The number of para-hydroxylation sites is 3. The lowest BCUT2D eigenvalue weighted by atomic mass is 9.33. The van der Waals surface area contributed by atoms with Crippen molar-refractivity contribution in [2.45, 2.75) is 157 Å². The minimum Gasteiger partial charge on any atom is -0.310 e. The Morgan fingerprint density at radius 2 is 0.474 bits per heavy atom. The van der Waals surface area contributed by atoms with Gasteiger partial charge in [0.25, 0.3) is 6.71 Å². The Morgan fingerprint density at radius 1 is 0.203 bits per heavy atom. The minimum atomic E-state index is -0.373. The molecule has 0 N–H and O–H groups in total. The second-order valence-electron chi connectivity index (χ2n) is 43.4. The average molecular weight is 1720 g/mol. The largest absolute Gasteiger partial charge is 0.310 e. The van der Waals surface area contributed by atoms with Gasteiger partial charge in [-0.2, -0.15) is 0 Å². The molecular weight excluding hydrogens is 1610 g/mol. The molecule has 2 aliphatic heterocycles. The van der Waals surface area contributed by atoms with Crippen molar-refractivity contribution in [1.29, 1.82) is 0 Å². The molecule has 0 bridgehead atoms. The van der Waals surface area contributed by atoms with E-state index >= 15 is 0 Å². The molecule has 3 aromatic heterocycles.